The van der Waals surface area contributed by atoms with Crippen molar-refractivity contribution in [1.82, 2.24) is 63.8 Å². The van der Waals surface area contributed by atoms with Gasteiger partial charge in [0, 0.05) is 43.8 Å². The van der Waals surface area contributed by atoms with Gasteiger partial charge in [0.1, 0.15) is 85.0 Å². The zero-order valence-electron chi connectivity index (χ0n) is 73.7. The van der Waals surface area contributed by atoms with E-state index in [0.717, 1.165) is 90.9 Å². The van der Waals surface area contributed by atoms with Gasteiger partial charge in [0.25, 0.3) is 0 Å². The van der Waals surface area contributed by atoms with Crippen LogP contribution >= 0.6 is 11.6 Å². The number of carbonyl (C=O) groups is 9. The Labute approximate surface area is 735 Å². The summed E-state index contributed by atoms with van der Waals surface area (Å²) in [6, 6.07) is 36.5. The topological polar surface area (TPSA) is 326 Å². The number of amides is 9. The zero-order chi connectivity index (χ0) is 89.0. The van der Waals surface area contributed by atoms with E-state index in [2.05, 4.69) is 90.6 Å². The van der Waals surface area contributed by atoms with Crippen LogP contribution in [0, 0.1) is 53.1 Å². The molecule has 0 bridgehead atoms. The van der Waals surface area contributed by atoms with Gasteiger partial charge in [-0.15, -0.1) is 0 Å². The molecule has 27 heteroatoms. The van der Waals surface area contributed by atoms with E-state index in [9.17, 15) is 51.9 Å². The summed E-state index contributed by atoms with van der Waals surface area (Å²) in [7, 11) is 0. The molecule has 3 heterocycles. The second-order valence-electron chi connectivity index (χ2n) is 36.1. The van der Waals surface area contributed by atoms with Crippen molar-refractivity contribution in [3.8, 4) is 17.2 Å². The first-order chi connectivity index (χ1) is 59.4. The molecule has 0 spiro atoms. The van der Waals surface area contributed by atoms with Crippen molar-refractivity contribution in [3.63, 3.8) is 0 Å². The molecular formula is C97H131ClF2N12O12. The van der Waals surface area contributed by atoms with Gasteiger partial charge < -0.3 is 72.7 Å². The van der Waals surface area contributed by atoms with Gasteiger partial charge in [-0.1, -0.05) is 203 Å². The summed E-state index contributed by atoms with van der Waals surface area (Å²) >= 11 is 6.23. The molecule has 3 fully saturated rings. The van der Waals surface area contributed by atoms with E-state index in [0.29, 0.717) is 125 Å². The van der Waals surface area contributed by atoms with Crippen LogP contribution in [0.25, 0.3) is 0 Å². The second-order valence-corrected chi connectivity index (χ2v) is 36.6. The first-order valence-electron chi connectivity index (χ1n) is 44.7. The SMILES string of the molecule is CC(C)[C@H]1NC(=O)[C@@H](Cc2cccc(Cl)c2)NCCOc2ccccc2C(C)(C)CCNC(=O)[C@H](CC2CC2)NC1=O.CC(C)[C@H]1NC(=O)[C@@H](Cc2cccc(F)c2)NCCOc2ccccc2C[C@H](C)CNC(=O)[C@H](CC2CC2)NC1=O.CC(C)[C@H]1NC(=O)[C@@H](Cc2cccc(F)c2)N[C@H](C)COc2ccccc2CCCNC(=O)[C@H](CC2CC2)NC1=O. The molecule has 124 heavy (non-hydrogen) atoms. The van der Waals surface area contributed by atoms with Crippen molar-refractivity contribution in [2.75, 3.05) is 52.5 Å². The first-order valence-corrected chi connectivity index (χ1v) is 45.0. The standard InChI is InChI=1S/C33H45ClN4O4.2C32H43FN4O4/c1-21(2)29-32(41)37-27(19-22-12-13-22)30(39)36-15-14-33(3,4)25-10-5-6-11-28(25)42-17-16-35-26(31(40)38-29)20-23-8-7-9-24(34)18-23;1-20(2)29-32(40)36-26(17-22-13-14-22)30(38)34-15-7-10-24-9-4-5-12-28(24)41-19-21(3)35-27(31(39)37-29)18-23-8-6-11-25(33)16-23;1-20(2)29-32(40)36-27(17-22-11-12-22)30(38)35-19-21(3)15-24-8-4-5-10-28(24)41-14-13-34-26(31(39)37-29)18-23-7-6-9-25(33)16-23/h5-11,18,21-22,26-27,29,35H,12-17,19-20H2,1-4H3,(H,36,39)(H,37,41)(H,38,40);4-6,8-9,11-12,16,20-22,26-27,29,35H,7,10,13-15,17-19H2,1-3H3,(H,34,38)(H,36,40)(H,37,39);4-10,16,20-22,26-27,29,34H,11-15,17-19H2,1-3H3,(H,35,38)(H,36,40)(H,37,39)/t26-,27+,29-;21-,26+,27-,29-;21-,26+,27-,29+/m110/s1. The quantitative estimate of drug-likeness (QED) is 0.0455. The Hall–Kier alpha value is -10.0. The molecule has 3 aliphatic carbocycles. The Bertz CT molecular complexity index is 4540. The minimum Gasteiger partial charge on any atom is -0.492 e. The molecule has 3 aliphatic heterocycles. The Kier molecular flexibility index (Phi) is 36.7. The maximum atomic E-state index is 14.0. The maximum absolute atomic E-state index is 14.0. The molecule has 672 valence electrons. The van der Waals surface area contributed by atoms with Crippen molar-refractivity contribution in [2.45, 2.75) is 238 Å². The fraction of sp³-hybridized carbons (Fsp3) is 0.536. The summed E-state index contributed by atoms with van der Waals surface area (Å²) in [5, 5.41) is 37.3. The number of para-hydroxylation sites is 3. The highest BCUT2D eigenvalue weighted by atomic mass is 35.5. The number of nitrogens with one attached hydrogen (secondary N) is 12. The number of halogens is 3. The summed E-state index contributed by atoms with van der Waals surface area (Å²) in [6.45, 7) is 22.7. The lowest BCUT2D eigenvalue weighted by Crippen LogP contribution is -2.59. The number of benzene rings is 6. The summed E-state index contributed by atoms with van der Waals surface area (Å²) in [6.07, 6.45) is 11.8. The van der Waals surface area contributed by atoms with Gasteiger partial charge in [0.05, 0.1) is 18.1 Å². The summed E-state index contributed by atoms with van der Waals surface area (Å²) < 4.78 is 46.4. The highest BCUT2D eigenvalue weighted by Crippen LogP contribution is 2.37. The van der Waals surface area contributed by atoms with Crippen LogP contribution in [-0.4, -0.2) is 166 Å². The number of hydrogen-bond donors (Lipinski definition) is 12. The molecule has 9 amide bonds. The highest BCUT2D eigenvalue weighted by Gasteiger charge is 2.40. The molecule has 11 atom stereocenters. The molecular weight excluding hydrogens is 1600 g/mol. The minimum absolute atomic E-state index is 0.149. The fourth-order valence-corrected chi connectivity index (χ4v) is 16.0. The highest BCUT2D eigenvalue weighted by molar-refractivity contribution is 6.30. The van der Waals surface area contributed by atoms with E-state index in [1.54, 1.807) is 30.3 Å². The molecule has 3 saturated carbocycles. The fourth-order valence-electron chi connectivity index (χ4n) is 15.8. The number of ether oxygens (including phenoxy) is 3. The zero-order valence-corrected chi connectivity index (χ0v) is 74.4. The minimum atomic E-state index is -0.842. The lowest BCUT2D eigenvalue weighted by molar-refractivity contribution is -0.133. The van der Waals surface area contributed by atoms with Crippen molar-refractivity contribution in [2.24, 2.45) is 41.4 Å². The van der Waals surface area contributed by atoms with Crippen molar-refractivity contribution in [3.05, 3.63) is 196 Å². The van der Waals surface area contributed by atoms with Crippen LogP contribution in [0.1, 0.15) is 173 Å². The van der Waals surface area contributed by atoms with Crippen LogP contribution in [0.5, 0.6) is 17.2 Å². The van der Waals surface area contributed by atoms with Gasteiger partial charge in [-0.3, -0.25) is 48.5 Å². The predicted octanol–water partition coefficient (Wildman–Crippen LogP) is 10.6. The molecule has 0 aromatic heterocycles. The van der Waals surface area contributed by atoms with E-state index >= 15 is 0 Å². The lowest BCUT2D eigenvalue weighted by atomic mass is 9.81. The van der Waals surface area contributed by atoms with Crippen LogP contribution in [0.3, 0.4) is 0 Å². The van der Waals surface area contributed by atoms with Crippen LogP contribution in [0.15, 0.2) is 146 Å². The van der Waals surface area contributed by atoms with Gasteiger partial charge in [-0.25, -0.2) is 8.78 Å². The maximum Gasteiger partial charge on any atom is 0.243 e. The number of hydrogen-bond acceptors (Lipinski definition) is 15. The average Bonchev–Trinajstić information content (AvgIpc) is 1.22. The van der Waals surface area contributed by atoms with Crippen molar-refractivity contribution < 1.29 is 66.1 Å². The van der Waals surface area contributed by atoms with E-state index in [-0.39, 0.29) is 113 Å². The molecule has 12 rings (SSSR count). The summed E-state index contributed by atoms with van der Waals surface area (Å²) in [4.78, 5) is 121. The lowest BCUT2D eigenvalue weighted by Gasteiger charge is -2.30. The predicted molar refractivity (Wildman–Crippen MR) is 477 cm³/mol. The summed E-state index contributed by atoms with van der Waals surface area (Å²) in [5.41, 5.74) is 5.07. The van der Waals surface area contributed by atoms with E-state index in [4.69, 9.17) is 25.8 Å². The normalized spacial score (nSPS) is 24.9. The second kappa shape index (κ2) is 47.3. The van der Waals surface area contributed by atoms with Gasteiger partial charge in [-0.2, -0.15) is 0 Å². The molecule has 24 nitrogen and oxygen atoms in total. The Balaban J connectivity index is 0.000000195. The third-order valence-corrected chi connectivity index (χ3v) is 23.8. The van der Waals surface area contributed by atoms with Crippen molar-refractivity contribution in [1.29, 1.82) is 0 Å². The number of aryl methyl sites for hydroxylation is 1. The third-order valence-electron chi connectivity index (χ3n) is 23.6. The third kappa shape index (κ3) is 31.3. The molecule has 6 aliphatic rings. The molecule has 12 N–H and O–H groups in total. The smallest absolute Gasteiger partial charge is 0.243 e. The van der Waals surface area contributed by atoms with E-state index in [1.165, 1.54) is 24.3 Å². The van der Waals surface area contributed by atoms with Crippen LogP contribution < -0.4 is 78.0 Å². The van der Waals surface area contributed by atoms with Crippen LogP contribution in [0.4, 0.5) is 8.78 Å². The molecule has 0 radical (unpaired) electrons. The van der Waals surface area contributed by atoms with Crippen LogP contribution in [0.2, 0.25) is 5.02 Å². The average molecular weight is 1730 g/mol. The van der Waals surface area contributed by atoms with E-state index < -0.39 is 54.4 Å². The monoisotopic (exact) mass is 1730 g/mol. The largest absolute Gasteiger partial charge is 0.492 e. The van der Waals surface area contributed by atoms with Crippen molar-refractivity contribution >= 4 is 64.8 Å². The Morgan fingerprint density at radius 1 is 0.419 bits per heavy atom. The van der Waals surface area contributed by atoms with Crippen LogP contribution in [-0.2, 0) is 80.7 Å². The molecule has 0 unspecified atom stereocenters. The van der Waals surface area contributed by atoms with Gasteiger partial charge in [0.15, 0.2) is 0 Å². The number of rotatable bonds is 15. The molecule has 6 aromatic carbocycles. The van der Waals surface area contributed by atoms with Gasteiger partial charge in [0.2, 0.25) is 53.2 Å². The first kappa shape index (κ1) is 96.2. The van der Waals surface area contributed by atoms with Gasteiger partial charge >= 0.3 is 0 Å². The van der Waals surface area contributed by atoms with E-state index in [1.807, 2.05) is 133 Å². The number of carbonyl (C=O) groups excluding carboxylic acids is 9. The molecule has 0 saturated heterocycles. The van der Waals surface area contributed by atoms with Gasteiger partial charge in [-0.05, 0) is 206 Å². The Morgan fingerprint density at radius 2 is 0.831 bits per heavy atom. The molecule has 6 aromatic rings. The summed E-state index contributed by atoms with van der Waals surface area (Å²) in [5.74, 6) is -0.423. The number of fused-ring (bicyclic) bond motifs is 3. The Morgan fingerprint density at radius 3 is 1.31 bits per heavy atom.